The summed E-state index contributed by atoms with van der Waals surface area (Å²) in [5.74, 6) is 1.32. The summed E-state index contributed by atoms with van der Waals surface area (Å²) in [6, 6.07) is 9.04. The molecule has 1 fully saturated rings. The Hall–Kier alpha value is -3.17. The number of piperidine rings is 1. The summed E-state index contributed by atoms with van der Waals surface area (Å²) >= 11 is 0. The lowest BCUT2D eigenvalue weighted by molar-refractivity contribution is 0.129. The Morgan fingerprint density at radius 1 is 1.08 bits per heavy atom. The lowest BCUT2D eigenvalue weighted by atomic mass is 9.96. The highest BCUT2D eigenvalue weighted by Gasteiger charge is 2.30. The van der Waals surface area contributed by atoms with Crippen molar-refractivity contribution in [1.29, 1.82) is 0 Å². The van der Waals surface area contributed by atoms with E-state index in [4.69, 9.17) is 4.98 Å². The molecule has 0 unspecified atom stereocenters. The topological polar surface area (TPSA) is 104 Å². The van der Waals surface area contributed by atoms with Crippen LogP contribution < -0.4 is 10.5 Å². The molecule has 2 aromatic heterocycles. The van der Waals surface area contributed by atoms with E-state index in [1.54, 1.807) is 22.9 Å². The minimum Gasteiger partial charge on any atom is -0.465 e. The number of amides is 1. The number of carboxylic acid groups (broad SMARTS) is 1. The van der Waals surface area contributed by atoms with E-state index in [2.05, 4.69) is 9.47 Å². The van der Waals surface area contributed by atoms with E-state index in [1.165, 1.54) is 4.90 Å². The molecule has 0 bridgehead atoms. The van der Waals surface area contributed by atoms with Crippen molar-refractivity contribution in [1.82, 2.24) is 19.0 Å². The monoisotopic (exact) mass is 493 g/mol. The first-order chi connectivity index (χ1) is 17.5. The minimum atomic E-state index is -0.933. The number of aliphatic hydroxyl groups excluding tert-OH is 1. The van der Waals surface area contributed by atoms with Gasteiger partial charge in [0.2, 0.25) is 0 Å². The highest BCUT2D eigenvalue weighted by Crippen LogP contribution is 2.36. The van der Waals surface area contributed by atoms with Crippen LogP contribution in [0, 0.1) is 5.92 Å². The fraction of sp³-hybridized carbons (Fsp3) is 0.519. The number of anilines is 1. The zero-order valence-electron chi connectivity index (χ0n) is 20.8. The lowest BCUT2D eigenvalue weighted by Crippen LogP contribution is -2.41. The van der Waals surface area contributed by atoms with Gasteiger partial charge in [-0.2, -0.15) is 0 Å². The maximum absolute atomic E-state index is 12.3. The Bertz CT molecular complexity index is 1290. The van der Waals surface area contributed by atoms with Crippen molar-refractivity contribution in [3.05, 3.63) is 58.3 Å². The van der Waals surface area contributed by atoms with E-state index in [1.807, 2.05) is 25.1 Å². The number of likely N-dealkylation sites (tertiary alicyclic amines) is 1. The number of aliphatic hydroxyl groups is 1. The summed E-state index contributed by atoms with van der Waals surface area (Å²) in [6.45, 7) is 6.36. The lowest BCUT2D eigenvalue weighted by Gasteiger charge is -2.33. The second kappa shape index (κ2) is 10.4. The Balaban J connectivity index is 1.47. The number of hydrogen-bond acceptors (Lipinski definition) is 5. The molecule has 0 saturated carbocycles. The standard InChI is InChI=1S/C27H35N5O4/c1-19-5-6-21-22(32(19)27(35)36)7-8-23-26(21)28-24(11-15-30-12-3-2-4-25(30)34)31(23)17-16-29-13-9-20(18-33)10-14-29/h2-4,7-8,12,19-20,33H,5-6,9-11,13-18H2,1H3,(H,35,36)/t19-/m0/s1. The van der Waals surface area contributed by atoms with Crippen molar-refractivity contribution in [2.24, 2.45) is 5.92 Å². The second-order valence-electron chi connectivity index (χ2n) is 10.1. The molecule has 9 heteroatoms. The van der Waals surface area contributed by atoms with Gasteiger partial charge < -0.3 is 24.2 Å². The molecule has 0 radical (unpaired) electrons. The summed E-state index contributed by atoms with van der Waals surface area (Å²) in [4.78, 5) is 33.2. The molecule has 1 amide bonds. The SMILES string of the molecule is C[C@H]1CCc2c(ccc3c2nc(CCn2ccccc2=O)n3CCN2CCC(CO)CC2)N1C(=O)O. The van der Waals surface area contributed by atoms with Crippen LogP contribution in [0.15, 0.2) is 41.3 Å². The summed E-state index contributed by atoms with van der Waals surface area (Å²) in [5.41, 5.74) is 3.59. The van der Waals surface area contributed by atoms with Crippen molar-refractivity contribution in [3.63, 3.8) is 0 Å². The average Bonchev–Trinajstić information content (AvgIpc) is 3.24. The number of hydrogen-bond donors (Lipinski definition) is 2. The molecule has 0 spiro atoms. The molecule has 192 valence electrons. The molecule has 4 heterocycles. The van der Waals surface area contributed by atoms with E-state index < -0.39 is 6.09 Å². The molecule has 0 aliphatic carbocycles. The second-order valence-corrected chi connectivity index (χ2v) is 10.1. The van der Waals surface area contributed by atoms with Crippen LogP contribution >= 0.6 is 0 Å². The first-order valence-corrected chi connectivity index (χ1v) is 13.0. The summed E-state index contributed by atoms with van der Waals surface area (Å²) in [7, 11) is 0. The van der Waals surface area contributed by atoms with Crippen molar-refractivity contribution in [2.45, 2.75) is 58.2 Å². The van der Waals surface area contributed by atoms with Crippen LogP contribution in [-0.2, 0) is 25.9 Å². The maximum atomic E-state index is 12.3. The Morgan fingerprint density at radius 3 is 2.61 bits per heavy atom. The van der Waals surface area contributed by atoms with Gasteiger partial charge >= 0.3 is 6.09 Å². The molecule has 2 N–H and O–H groups in total. The van der Waals surface area contributed by atoms with E-state index in [0.29, 0.717) is 18.9 Å². The number of aryl methyl sites for hydroxylation is 3. The van der Waals surface area contributed by atoms with Crippen LogP contribution in [0.2, 0.25) is 0 Å². The first kappa shape index (κ1) is 24.5. The van der Waals surface area contributed by atoms with Gasteiger partial charge in [-0.3, -0.25) is 9.69 Å². The van der Waals surface area contributed by atoms with Gasteiger partial charge in [0.05, 0.1) is 16.7 Å². The van der Waals surface area contributed by atoms with Gasteiger partial charge in [-0.25, -0.2) is 9.78 Å². The fourth-order valence-corrected chi connectivity index (χ4v) is 5.71. The molecule has 5 rings (SSSR count). The van der Waals surface area contributed by atoms with Gasteiger partial charge in [0.15, 0.2) is 0 Å². The maximum Gasteiger partial charge on any atom is 0.412 e. The third-order valence-electron chi connectivity index (χ3n) is 7.88. The molecule has 1 atom stereocenters. The highest BCUT2D eigenvalue weighted by atomic mass is 16.4. The Labute approximate surface area is 210 Å². The van der Waals surface area contributed by atoms with Crippen molar-refractivity contribution in [2.75, 3.05) is 31.1 Å². The quantitative estimate of drug-likeness (QED) is 0.525. The molecule has 3 aromatic rings. The molecule has 9 nitrogen and oxygen atoms in total. The van der Waals surface area contributed by atoms with E-state index >= 15 is 0 Å². The number of fused-ring (bicyclic) bond motifs is 3. The first-order valence-electron chi connectivity index (χ1n) is 13.0. The molecule has 1 aromatic carbocycles. The summed E-state index contributed by atoms with van der Waals surface area (Å²) < 4.78 is 3.96. The van der Waals surface area contributed by atoms with Crippen LogP contribution in [0.25, 0.3) is 11.0 Å². The number of rotatable bonds is 7. The number of carbonyl (C=O) groups is 1. The van der Waals surface area contributed by atoms with Crippen molar-refractivity contribution < 1.29 is 15.0 Å². The van der Waals surface area contributed by atoms with Gasteiger partial charge in [0, 0.05) is 56.5 Å². The summed E-state index contributed by atoms with van der Waals surface area (Å²) in [5, 5.41) is 19.3. The number of nitrogens with zero attached hydrogens (tertiary/aromatic N) is 5. The highest BCUT2D eigenvalue weighted by molar-refractivity contribution is 5.94. The van der Waals surface area contributed by atoms with Gasteiger partial charge in [0.1, 0.15) is 5.82 Å². The van der Waals surface area contributed by atoms with E-state index in [9.17, 15) is 19.8 Å². The average molecular weight is 494 g/mol. The third-order valence-corrected chi connectivity index (χ3v) is 7.88. The van der Waals surface area contributed by atoms with Gasteiger partial charge in [-0.1, -0.05) is 6.07 Å². The van der Waals surface area contributed by atoms with Crippen LogP contribution in [0.3, 0.4) is 0 Å². The largest absolute Gasteiger partial charge is 0.465 e. The number of benzene rings is 1. The smallest absolute Gasteiger partial charge is 0.412 e. The molecule has 36 heavy (non-hydrogen) atoms. The molecule has 2 aliphatic heterocycles. The van der Waals surface area contributed by atoms with Crippen molar-refractivity contribution in [3.8, 4) is 0 Å². The number of aromatic nitrogens is 3. The van der Waals surface area contributed by atoms with Gasteiger partial charge in [0.25, 0.3) is 5.56 Å². The molecular formula is C27H35N5O4. The van der Waals surface area contributed by atoms with Crippen LogP contribution in [0.4, 0.5) is 10.5 Å². The molecule has 2 aliphatic rings. The minimum absolute atomic E-state index is 0.0321. The predicted octanol–water partition coefficient (Wildman–Crippen LogP) is 2.96. The normalized spacial score (nSPS) is 19.1. The van der Waals surface area contributed by atoms with E-state index in [0.717, 1.165) is 80.0 Å². The Kier molecular flexibility index (Phi) is 7.11. The number of pyridine rings is 1. The van der Waals surface area contributed by atoms with Gasteiger partial charge in [-0.15, -0.1) is 0 Å². The molecule has 1 saturated heterocycles. The van der Waals surface area contributed by atoms with Crippen LogP contribution in [-0.4, -0.2) is 67.6 Å². The predicted molar refractivity (Wildman–Crippen MR) is 139 cm³/mol. The summed E-state index contributed by atoms with van der Waals surface area (Å²) in [6.07, 6.45) is 5.06. The Morgan fingerprint density at radius 2 is 1.89 bits per heavy atom. The van der Waals surface area contributed by atoms with Crippen LogP contribution in [0.1, 0.15) is 37.6 Å². The zero-order valence-corrected chi connectivity index (χ0v) is 20.8. The molecular weight excluding hydrogens is 458 g/mol. The van der Waals surface area contributed by atoms with E-state index in [-0.39, 0.29) is 18.2 Å². The number of imidazole rings is 1. The van der Waals surface area contributed by atoms with Gasteiger partial charge in [-0.05, 0) is 69.8 Å². The fourth-order valence-electron chi connectivity index (χ4n) is 5.71. The van der Waals surface area contributed by atoms with Crippen molar-refractivity contribution >= 4 is 22.8 Å². The van der Waals surface area contributed by atoms with Crippen LogP contribution in [0.5, 0.6) is 0 Å². The zero-order chi connectivity index (χ0) is 25.2. The third kappa shape index (κ3) is 4.77.